The lowest BCUT2D eigenvalue weighted by molar-refractivity contribution is -0.127. The zero-order valence-corrected chi connectivity index (χ0v) is 11.5. The number of carbonyl (C=O) groups excluding carboxylic acids is 1. The Labute approximate surface area is 110 Å². The Morgan fingerprint density at radius 2 is 2.11 bits per heavy atom. The first kappa shape index (κ1) is 12.5. The first-order valence-electron chi connectivity index (χ1n) is 7.71. The van der Waals surface area contributed by atoms with E-state index in [0.29, 0.717) is 17.4 Å². The van der Waals surface area contributed by atoms with E-state index >= 15 is 0 Å². The zero-order valence-electron chi connectivity index (χ0n) is 11.5. The molecule has 0 radical (unpaired) electrons. The fourth-order valence-electron chi connectivity index (χ4n) is 3.83. The largest absolute Gasteiger partial charge is 0.355 e. The quantitative estimate of drug-likeness (QED) is 0.802. The van der Waals surface area contributed by atoms with Crippen LogP contribution in [0.25, 0.3) is 0 Å². The lowest BCUT2D eigenvalue weighted by Gasteiger charge is -2.43. The summed E-state index contributed by atoms with van der Waals surface area (Å²) in [6, 6.07) is 0.496. The molecule has 2 saturated carbocycles. The highest BCUT2D eigenvalue weighted by atomic mass is 16.1. The maximum absolute atomic E-state index is 12.2. The topological polar surface area (TPSA) is 41.1 Å². The third-order valence-corrected chi connectivity index (χ3v) is 5.40. The van der Waals surface area contributed by atoms with E-state index in [1.54, 1.807) is 0 Å². The highest BCUT2D eigenvalue weighted by Crippen LogP contribution is 2.56. The first-order chi connectivity index (χ1) is 8.70. The van der Waals surface area contributed by atoms with Crippen LogP contribution in [0.1, 0.15) is 51.9 Å². The average molecular weight is 250 g/mol. The number of carbonyl (C=O) groups is 1. The van der Waals surface area contributed by atoms with E-state index in [4.69, 9.17) is 0 Å². The molecule has 0 spiro atoms. The van der Waals surface area contributed by atoms with Gasteiger partial charge in [0, 0.05) is 18.5 Å². The molecule has 3 rings (SSSR count). The van der Waals surface area contributed by atoms with Crippen molar-refractivity contribution in [2.24, 2.45) is 17.3 Å². The maximum Gasteiger partial charge on any atom is 0.223 e. The summed E-state index contributed by atoms with van der Waals surface area (Å²) < 4.78 is 0. The molecule has 1 aliphatic heterocycles. The van der Waals surface area contributed by atoms with Crippen molar-refractivity contribution in [3.05, 3.63) is 0 Å². The van der Waals surface area contributed by atoms with Crippen molar-refractivity contribution in [2.75, 3.05) is 13.1 Å². The smallest absolute Gasteiger partial charge is 0.223 e. The van der Waals surface area contributed by atoms with Gasteiger partial charge in [-0.15, -0.1) is 0 Å². The Morgan fingerprint density at radius 1 is 1.33 bits per heavy atom. The van der Waals surface area contributed by atoms with Crippen LogP contribution < -0.4 is 10.6 Å². The van der Waals surface area contributed by atoms with Crippen molar-refractivity contribution in [1.82, 2.24) is 10.6 Å². The lowest BCUT2D eigenvalue weighted by Crippen LogP contribution is -2.47. The van der Waals surface area contributed by atoms with Crippen molar-refractivity contribution < 1.29 is 4.79 Å². The highest BCUT2D eigenvalue weighted by Gasteiger charge is 2.49. The molecule has 1 heterocycles. The van der Waals surface area contributed by atoms with Crippen LogP contribution in [0.2, 0.25) is 0 Å². The fraction of sp³-hybridized carbons (Fsp3) is 0.933. The number of hydrogen-bond donors (Lipinski definition) is 2. The molecular formula is C15H26N2O. The van der Waals surface area contributed by atoms with Gasteiger partial charge in [0.25, 0.3) is 0 Å². The van der Waals surface area contributed by atoms with Gasteiger partial charge in [-0.25, -0.2) is 0 Å². The molecule has 0 aromatic carbocycles. The van der Waals surface area contributed by atoms with Gasteiger partial charge >= 0.3 is 0 Å². The molecule has 18 heavy (non-hydrogen) atoms. The molecular weight excluding hydrogens is 224 g/mol. The Hall–Kier alpha value is -0.570. The SMILES string of the molecule is C[C@H]1C[C@@H](C(=O)NCC2(C3CC3)CCC2)CCN1. The van der Waals surface area contributed by atoms with Gasteiger partial charge < -0.3 is 10.6 Å². The molecule has 2 atom stereocenters. The minimum absolute atomic E-state index is 0.248. The molecule has 102 valence electrons. The van der Waals surface area contributed by atoms with Crippen LogP contribution in [0, 0.1) is 17.3 Å². The monoisotopic (exact) mass is 250 g/mol. The molecule has 0 aromatic rings. The van der Waals surface area contributed by atoms with Crippen molar-refractivity contribution in [3.63, 3.8) is 0 Å². The number of piperidine rings is 1. The van der Waals surface area contributed by atoms with E-state index in [1.165, 1.54) is 32.1 Å². The van der Waals surface area contributed by atoms with Crippen molar-refractivity contribution in [2.45, 2.75) is 57.9 Å². The normalized spacial score (nSPS) is 34.7. The molecule has 3 nitrogen and oxygen atoms in total. The van der Waals surface area contributed by atoms with Crippen LogP contribution in [0.5, 0.6) is 0 Å². The number of rotatable bonds is 4. The Kier molecular flexibility index (Phi) is 3.35. The minimum atomic E-state index is 0.248. The van der Waals surface area contributed by atoms with Crippen LogP contribution >= 0.6 is 0 Å². The Bertz CT molecular complexity index is 320. The molecule has 2 aliphatic carbocycles. The van der Waals surface area contributed by atoms with Gasteiger partial charge in [-0.2, -0.15) is 0 Å². The van der Waals surface area contributed by atoms with Gasteiger partial charge in [0.05, 0.1) is 0 Å². The number of amides is 1. The standard InChI is InChI=1S/C15H26N2O/c1-11-9-12(5-8-16-11)14(18)17-10-15(6-2-7-15)13-3-4-13/h11-13,16H,2-10H2,1H3,(H,17,18)/t11-,12-/m0/s1. The zero-order chi connectivity index (χ0) is 12.6. The summed E-state index contributed by atoms with van der Waals surface area (Å²) in [5, 5.41) is 6.68. The predicted octanol–water partition coefficient (Wildman–Crippen LogP) is 2.07. The molecule has 2 N–H and O–H groups in total. The van der Waals surface area contributed by atoms with E-state index < -0.39 is 0 Å². The first-order valence-corrected chi connectivity index (χ1v) is 7.71. The van der Waals surface area contributed by atoms with E-state index in [1.807, 2.05) is 0 Å². The van der Waals surface area contributed by atoms with Gasteiger partial charge in [-0.3, -0.25) is 4.79 Å². The lowest BCUT2D eigenvalue weighted by atomic mass is 9.65. The summed E-state index contributed by atoms with van der Waals surface area (Å²) in [4.78, 5) is 12.2. The average Bonchev–Trinajstić information content (AvgIpc) is 3.12. The van der Waals surface area contributed by atoms with Crippen LogP contribution in [-0.4, -0.2) is 25.0 Å². The van der Waals surface area contributed by atoms with Gasteiger partial charge in [0.2, 0.25) is 5.91 Å². The second kappa shape index (κ2) is 4.84. The molecule has 3 fully saturated rings. The van der Waals surface area contributed by atoms with Crippen molar-refractivity contribution >= 4 is 5.91 Å². The number of nitrogens with one attached hydrogen (secondary N) is 2. The third-order valence-electron chi connectivity index (χ3n) is 5.40. The van der Waals surface area contributed by atoms with E-state index in [2.05, 4.69) is 17.6 Å². The molecule has 0 aromatic heterocycles. The summed E-state index contributed by atoms with van der Waals surface area (Å²) in [6.07, 6.45) is 8.88. The third kappa shape index (κ3) is 2.42. The summed E-state index contributed by atoms with van der Waals surface area (Å²) in [5.41, 5.74) is 0.508. The van der Waals surface area contributed by atoms with Crippen LogP contribution in [0.15, 0.2) is 0 Å². The maximum atomic E-state index is 12.2. The van der Waals surface area contributed by atoms with Crippen LogP contribution in [-0.2, 0) is 4.79 Å². The molecule has 0 unspecified atom stereocenters. The van der Waals surface area contributed by atoms with Crippen molar-refractivity contribution in [3.8, 4) is 0 Å². The molecule has 3 aliphatic rings. The Balaban J connectivity index is 1.48. The van der Waals surface area contributed by atoms with Gasteiger partial charge in [-0.1, -0.05) is 6.42 Å². The van der Waals surface area contributed by atoms with Gasteiger partial charge in [0.1, 0.15) is 0 Å². The predicted molar refractivity (Wildman–Crippen MR) is 72.2 cm³/mol. The van der Waals surface area contributed by atoms with E-state index in [0.717, 1.165) is 31.8 Å². The molecule has 0 bridgehead atoms. The molecule has 1 amide bonds. The van der Waals surface area contributed by atoms with Crippen molar-refractivity contribution in [1.29, 1.82) is 0 Å². The van der Waals surface area contributed by atoms with Gasteiger partial charge in [0.15, 0.2) is 0 Å². The fourth-order valence-corrected chi connectivity index (χ4v) is 3.83. The van der Waals surface area contributed by atoms with Crippen LogP contribution in [0.4, 0.5) is 0 Å². The second-order valence-corrected chi connectivity index (χ2v) is 6.78. The summed E-state index contributed by atoms with van der Waals surface area (Å²) in [7, 11) is 0. The van der Waals surface area contributed by atoms with E-state index in [9.17, 15) is 4.79 Å². The molecule has 1 saturated heterocycles. The van der Waals surface area contributed by atoms with Gasteiger partial charge in [-0.05, 0) is 63.3 Å². The molecule has 3 heteroatoms. The Morgan fingerprint density at radius 3 is 2.67 bits per heavy atom. The summed E-state index contributed by atoms with van der Waals surface area (Å²) >= 11 is 0. The summed E-state index contributed by atoms with van der Waals surface area (Å²) in [5.74, 6) is 1.49. The highest BCUT2D eigenvalue weighted by molar-refractivity contribution is 5.78. The second-order valence-electron chi connectivity index (χ2n) is 6.78. The minimum Gasteiger partial charge on any atom is -0.355 e. The number of hydrogen-bond acceptors (Lipinski definition) is 2. The van der Waals surface area contributed by atoms with E-state index in [-0.39, 0.29) is 5.92 Å². The summed E-state index contributed by atoms with van der Waals surface area (Å²) in [6.45, 7) is 4.12. The van der Waals surface area contributed by atoms with Crippen LogP contribution in [0.3, 0.4) is 0 Å².